The summed E-state index contributed by atoms with van der Waals surface area (Å²) in [6.45, 7) is 7.19. The SMILES string of the molecule is CCN(CC)c1ccc(Nc2cnnc(NCCC3=CCCCC3)n2)cc1. The van der Waals surface area contributed by atoms with Gasteiger partial charge in [0.15, 0.2) is 5.82 Å². The van der Waals surface area contributed by atoms with Crippen molar-refractivity contribution in [1.29, 1.82) is 0 Å². The molecule has 0 aliphatic heterocycles. The van der Waals surface area contributed by atoms with Gasteiger partial charge in [0, 0.05) is 31.0 Å². The predicted molar refractivity (Wildman–Crippen MR) is 113 cm³/mol. The molecule has 0 spiro atoms. The molecule has 0 atom stereocenters. The van der Waals surface area contributed by atoms with Crippen LogP contribution in [0.5, 0.6) is 0 Å². The van der Waals surface area contributed by atoms with Crippen LogP contribution >= 0.6 is 0 Å². The average molecular weight is 367 g/mol. The quantitative estimate of drug-likeness (QED) is 0.624. The minimum absolute atomic E-state index is 0.566. The van der Waals surface area contributed by atoms with E-state index in [1.165, 1.54) is 31.4 Å². The minimum Gasteiger partial charge on any atom is -0.372 e. The lowest BCUT2D eigenvalue weighted by molar-refractivity contribution is 0.679. The molecule has 1 aliphatic carbocycles. The zero-order valence-corrected chi connectivity index (χ0v) is 16.4. The number of rotatable bonds is 9. The Morgan fingerprint density at radius 3 is 2.59 bits per heavy atom. The fourth-order valence-corrected chi connectivity index (χ4v) is 3.40. The molecule has 27 heavy (non-hydrogen) atoms. The Hall–Kier alpha value is -2.63. The van der Waals surface area contributed by atoms with Crippen LogP contribution in [0.2, 0.25) is 0 Å². The van der Waals surface area contributed by atoms with Crippen LogP contribution in [0, 0.1) is 0 Å². The molecule has 6 nitrogen and oxygen atoms in total. The van der Waals surface area contributed by atoms with E-state index in [0.717, 1.165) is 31.7 Å². The summed E-state index contributed by atoms with van der Waals surface area (Å²) in [5, 5.41) is 14.7. The van der Waals surface area contributed by atoms with Crippen molar-refractivity contribution in [3.05, 3.63) is 42.1 Å². The Balaban J connectivity index is 1.54. The summed E-state index contributed by atoms with van der Waals surface area (Å²) in [6.07, 6.45) is 10.2. The van der Waals surface area contributed by atoms with Crippen LogP contribution in [0.3, 0.4) is 0 Å². The first-order chi connectivity index (χ1) is 13.3. The third-order valence-corrected chi connectivity index (χ3v) is 4.94. The molecule has 0 unspecified atom stereocenters. The second-order valence-corrected chi connectivity index (χ2v) is 6.79. The number of aromatic nitrogens is 3. The van der Waals surface area contributed by atoms with Gasteiger partial charge < -0.3 is 15.5 Å². The molecular weight excluding hydrogens is 336 g/mol. The molecule has 2 aromatic rings. The van der Waals surface area contributed by atoms with Gasteiger partial charge in [-0.3, -0.25) is 0 Å². The molecule has 0 amide bonds. The van der Waals surface area contributed by atoms with Gasteiger partial charge in [0.1, 0.15) is 0 Å². The van der Waals surface area contributed by atoms with Crippen molar-refractivity contribution < 1.29 is 0 Å². The van der Waals surface area contributed by atoms with Gasteiger partial charge in [-0.2, -0.15) is 10.1 Å². The maximum atomic E-state index is 4.51. The molecule has 1 aliphatic rings. The van der Waals surface area contributed by atoms with E-state index in [1.807, 2.05) is 0 Å². The van der Waals surface area contributed by atoms with Crippen LogP contribution < -0.4 is 15.5 Å². The van der Waals surface area contributed by atoms with Crippen molar-refractivity contribution in [3.63, 3.8) is 0 Å². The Morgan fingerprint density at radius 1 is 1.07 bits per heavy atom. The van der Waals surface area contributed by atoms with Crippen molar-refractivity contribution in [2.24, 2.45) is 0 Å². The van der Waals surface area contributed by atoms with Crippen molar-refractivity contribution in [2.75, 3.05) is 35.2 Å². The Bertz CT molecular complexity index is 737. The van der Waals surface area contributed by atoms with Crippen LogP contribution in [0.1, 0.15) is 46.0 Å². The zero-order chi connectivity index (χ0) is 18.9. The highest BCUT2D eigenvalue weighted by atomic mass is 15.3. The minimum atomic E-state index is 0.566. The first-order valence-corrected chi connectivity index (χ1v) is 10.0. The van der Waals surface area contributed by atoms with Gasteiger partial charge in [-0.05, 0) is 70.2 Å². The fourth-order valence-electron chi connectivity index (χ4n) is 3.40. The highest BCUT2D eigenvalue weighted by molar-refractivity contribution is 5.60. The summed E-state index contributed by atoms with van der Waals surface area (Å²) in [6, 6.07) is 8.39. The first-order valence-electron chi connectivity index (χ1n) is 10.0. The van der Waals surface area contributed by atoms with Crippen molar-refractivity contribution >= 4 is 23.1 Å². The second kappa shape index (κ2) is 9.90. The summed E-state index contributed by atoms with van der Waals surface area (Å²) in [4.78, 5) is 6.83. The van der Waals surface area contributed by atoms with Crippen LogP contribution in [0.25, 0.3) is 0 Å². The molecule has 0 saturated heterocycles. The number of nitrogens with zero attached hydrogens (tertiary/aromatic N) is 4. The maximum Gasteiger partial charge on any atom is 0.244 e. The van der Waals surface area contributed by atoms with Gasteiger partial charge in [-0.1, -0.05) is 11.6 Å². The van der Waals surface area contributed by atoms with Gasteiger partial charge in [0.25, 0.3) is 0 Å². The molecule has 144 valence electrons. The highest BCUT2D eigenvalue weighted by Crippen LogP contribution is 2.21. The largest absolute Gasteiger partial charge is 0.372 e. The number of hydrogen-bond acceptors (Lipinski definition) is 6. The summed E-state index contributed by atoms with van der Waals surface area (Å²) in [5.41, 5.74) is 3.76. The maximum absolute atomic E-state index is 4.51. The Labute approximate surface area is 162 Å². The lowest BCUT2D eigenvalue weighted by atomic mass is 9.97. The topological polar surface area (TPSA) is 66.0 Å². The van der Waals surface area contributed by atoms with Gasteiger partial charge in [0.05, 0.1) is 6.20 Å². The van der Waals surface area contributed by atoms with E-state index < -0.39 is 0 Å². The standard InChI is InChI=1S/C21H30N6/c1-3-27(4-2)19-12-10-18(11-13-19)24-20-16-23-26-21(25-20)22-15-14-17-8-6-5-7-9-17/h8,10-13,16H,3-7,9,14-15H2,1-2H3,(H2,22,24,25,26). The molecule has 0 bridgehead atoms. The highest BCUT2D eigenvalue weighted by Gasteiger charge is 2.06. The van der Waals surface area contributed by atoms with Crippen LogP contribution in [0.15, 0.2) is 42.1 Å². The molecule has 6 heteroatoms. The molecule has 3 rings (SSSR count). The number of anilines is 4. The molecule has 0 radical (unpaired) electrons. The molecule has 2 N–H and O–H groups in total. The van der Waals surface area contributed by atoms with E-state index in [2.05, 4.69) is 74.9 Å². The number of allylic oxidation sites excluding steroid dienone is 1. The van der Waals surface area contributed by atoms with Gasteiger partial charge in [-0.25, -0.2) is 0 Å². The molecule has 1 aromatic heterocycles. The molecule has 1 aromatic carbocycles. The van der Waals surface area contributed by atoms with E-state index in [4.69, 9.17) is 0 Å². The summed E-state index contributed by atoms with van der Waals surface area (Å²) in [7, 11) is 0. The van der Waals surface area contributed by atoms with Crippen molar-refractivity contribution in [1.82, 2.24) is 15.2 Å². The monoisotopic (exact) mass is 366 g/mol. The molecular formula is C21H30N6. The van der Waals surface area contributed by atoms with E-state index in [1.54, 1.807) is 11.8 Å². The Kier molecular flexibility index (Phi) is 7.02. The van der Waals surface area contributed by atoms with Crippen LogP contribution in [-0.2, 0) is 0 Å². The van der Waals surface area contributed by atoms with Gasteiger partial charge in [0.2, 0.25) is 5.95 Å². The average Bonchev–Trinajstić information content (AvgIpc) is 2.71. The normalized spacial score (nSPS) is 13.8. The van der Waals surface area contributed by atoms with E-state index in [9.17, 15) is 0 Å². The lowest BCUT2D eigenvalue weighted by Gasteiger charge is -2.21. The third kappa shape index (κ3) is 5.67. The van der Waals surface area contributed by atoms with E-state index in [-0.39, 0.29) is 0 Å². The summed E-state index contributed by atoms with van der Waals surface area (Å²) >= 11 is 0. The van der Waals surface area contributed by atoms with E-state index in [0.29, 0.717) is 11.8 Å². The second-order valence-electron chi connectivity index (χ2n) is 6.79. The van der Waals surface area contributed by atoms with Crippen molar-refractivity contribution in [2.45, 2.75) is 46.0 Å². The first kappa shape index (κ1) is 19.1. The van der Waals surface area contributed by atoms with Gasteiger partial charge >= 0.3 is 0 Å². The summed E-state index contributed by atoms with van der Waals surface area (Å²) in [5.74, 6) is 1.26. The zero-order valence-electron chi connectivity index (χ0n) is 16.4. The fraction of sp³-hybridized carbons (Fsp3) is 0.476. The lowest BCUT2D eigenvalue weighted by Crippen LogP contribution is -2.21. The number of nitrogens with one attached hydrogen (secondary N) is 2. The number of benzene rings is 1. The van der Waals surface area contributed by atoms with Crippen molar-refractivity contribution in [3.8, 4) is 0 Å². The Morgan fingerprint density at radius 2 is 1.89 bits per heavy atom. The predicted octanol–water partition coefficient (Wildman–Crippen LogP) is 4.76. The van der Waals surface area contributed by atoms with Gasteiger partial charge in [-0.15, -0.1) is 5.10 Å². The molecule has 0 fully saturated rings. The molecule has 0 saturated carbocycles. The van der Waals surface area contributed by atoms with Crippen LogP contribution in [0.4, 0.5) is 23.1 Å². The third-order valence-electron chi connectivity index (χ3n) is 4.94. The van der Waals surface area contributed by atoms with E-state index >= 15 is 0 Å². The van der Waals surface area contributed by atoms with Crippen LogP contribution in [-0.4, -0.2) is 34.8 Å². The smallest absolute Gasteiger partial charge is 0.244 e. The summed E-state index contributed by atoms with van der Waals surface area (Å²) < 4.78 is 0. The molecule has 1 heterocycles. The number of hydrogen-bond donors (Lipinski definition) is 2.